The van der Waals surface area contributed by atoms with Crippen LogP contribution in [0.2, 0.25) is 0 Å². The van der Waals surface area contributed by atoms with Gasteiger partial charge in [0.15, 0.2) is 6.10 Å². The Morgan fingerprint density at radius 3 is 1.00 bits per heavy atom. The zero-order chi connectivity index (χ0) is 46.5. The second-order valence-electron chi connectivity index (χ2n) is 18.1. The fraction of sp³-hybridized carbons (Fsp3) is 0.776. The highest BCUT2D eigenvalue weighted by molar-refractivity contribution is 5.71. The van der Waals surface area contributed by atoms with Crippen LogP contribution in [0.4, 0.5) is 0 Å². The summed E-state index contributed by atoms with van der Waals surface area (Å²) in [5, 5.41) is 0. The molecule has 0 amide bonds. The highest BCUT2D eigenvalue weighted by Gasteiger charge is 2.19. The van der Waals surface area contributed by atoms with E-state index in [-0.39, 0.29) is 37.5 Å². The number of carbonyl (C=O) groups is 3. The highest BCUT2D eigenvalue weighted by atomic mass is 16.6. The van der Waals surface area contributed by atoms with E-state index in [1.54, 1.807) is 0 Å². The van der Waals surface area contributed by atoms with E-state index in [9.17, 15) is 14.4 Å². The van der Waals surface area contributed by atoms with Crippen molar-refractivity contribution in [2.45, 2.75) is 277 Å². The molecule has 0 N–H and O–H groups in total. The molecule has 0 bridgehead atoms. The normalized spacial score (nSPS) is 12.5. The molecule has 6 heteroatoms. The van der Waals surface area contributed by atoms with Crippen molar-refractivity contribution in [3.05, 3.63) is 60.8 Å². The van der Waals surface area contributed by atoms with Gasteiger partial charge in [-0.25, -0.2) is 0 Å². The number of hydrogen-bond donors (Lipinski definition) is 0. The molecule has 1 unspecified atom stereocenters. The van der Waals surface area contributed by atoms with Crippen LogP contribution < -0.4 is 0 Å². The Morgan fingerprint density at radius 2 is 0.578 bits per heavy atom. The Balaban J connectivity index is 4.46. The summed E-state index contributed by atoms with van der Waals surface area (Å²) in [5.41, 5.74) is 0. The summed E-state index contributed by atoms with van der Waals surface area (Å²) < 4.78 is 16.8. The fourth-order valence-corrected chi connectivity index (χ4v) is 7.61. The minimum absolute atomic E-state index is 0.0970. The van der Waals surface area contributed by atoms with Crippen molar-refractivity contribution in [2.24, 2.45) is 0 Å². The van der Waals surface area contributed by atoms with E-state index in [2.05, 4.69) is 81.5 Å². The van der Waals surface area contributed by atoms with Gasteiger partial charge in [0.2, 0.25) is 0 Å². The topological polar surface area (TPSA) is 78.9 Å². The number of esters is 3. The van der Waals surface area contributed by atoms with E-state index in [0.717, 1.165) is 77.0 Å². The average molecular weight is 895 g/mol. The molecular weight excluding hydrogens is 793 g/mol. The Kier molecular flexibility index (Phi) is 50.4. The Hall–Kier alpha value is -2.89. The largest absolute Gasteiger partial charge is 0.462 e. The number of hydrogen-bond acceptors (Lipinski definition) is 6. The summed E-state index contributed by atoms with van der Waals surface area (Å²) >= 11 is 0. The minimum atomic E-state index is -0.799. The third kappa shape index (κ3) is 50.1. The first-order valence-electron chi connectivity index (χ1n) is 27.3. The van der Waals surface area contributed by atoms with E-state index >= 15 is 0 Å². The van der Waals surface area contributed by atoms with E-state index < -0.39 is 6.10 Å². The van der Waals surface area contributed by atoms with Crippen LogP contribution in [0.25, 0.3) is 0 Å². The average Bonchev–Trinajstić information content (AvgIpc) is 3.29. The van der Waals surface area contributed by atoms with E-state index in [1.165, 1.54) is 148 Å². The van der Waals surface area contributed by atoms with Crippen molar-refractivity contribution in [3.8, 4) is 0 Å². The van der Waals surface area contributed by atoms with Crippen LogP contribution in [0.15, 0.2) is 60.8 Å². The zero-order valence-corrected chi connectivity index (χ0v) is 42.3. The number of carbonyl (C=O) groups excluding carboxylic acids is 3. The maximum absolute atomic E-state index is 12.8. The molecule has 1 atom stereocenters. The van der Waals surface area contributed by atoms with Crippen LogP contribution >= 0.6 is 0 Å². The molecule has 0 aromatic rings. The molecule has 0 saturated carbocycles. The SMILES string of the molecule is CCCCC/C=C\C/C=C\C/C=C\C/C=C\CCCC(=O)OCC(COC(=O)CCCCC/C=C\CCCCCCCC)OC(=O)CCCCCCCCCCCCCCCCCC. The minimum Gasteiger partial charge on any atom is -0.462 e. The predicted molar refractivity (Wildman–Crippen MR) is 275 cm³/mol. The summed E-state index contributed by atoms with van der Waals surface area (Å²) in [4.78, 5) is 38.0. The zero-order valence-electron chi connectivity index (χ0n) is 42.3. The van der Waals surface area contributed by atoms with Crippen molar-refractivity contribution in [2.75, 3.05) is 13.2 Å². The van der Waals surface area contributed by atoms with Gasteiger partial charge in [-0.2, -0.15) is 0 Å². The molecule has 6 nitrogen and oxygen atoms in total. The molecular formula is C58H102O6. The van der Waals surface area contributed by atoms with Crippen molar-refractivity contribution in [1.82, 2.24) is 0 Å². The van der Waals surface area contributed by atoms with Crippen LogP contribution in [0.5, 0.6) is 0 Å². The van der Waals surface area contributed by atoms with Gasteiger partial charge in [0.05, 0.1) is 0 Å². The Bertz CT molecular complexity index is 1170. The standard InChI is InChI=1S/C58H102O6/c1-4-7-10-13-16-19-22-25-27-29-31-33-36-39-42-45-48-51-57(60)63-54-55(53-62-56(59)50-47-44-41-38-35-32-24-21-18-15-12-9-6-3)64-58(61)52-49-46-43-40-37-34-30-28-26-23-20-17-14-11-8-5-2/h16,19,25,27,31-33,35,39,42,55H,4-15,17-18,20-24,26,28-30,34,36-38,40-41,43-54H2,1-3H3/b19-16-,27-25-,33-31-,35-32-,42-39-. The molecule has 64 heavy (non-hydrogen) atoms. The van der Waals surface area contributed by atoms with Crippen molar-refractivity contribution >= 4 is 17.9 Å². The summed E-state index contributed by atoms with van der Waals surface area (Å²) in [6.07, 6.45) is 65.0. The van der Waals surface area contributed by atoms with Gasteiger partial charge >= 0.3 is 17.9 Å². The van der Waals surface area contributed by atoms with Crippen LogP contribution in [-0.2, 0) is 28.6 Å². The third-order valence-corrected chi connectivity index (χ3v) is 11.7. The Morgan fingerprint density at radius 1 is 0.312 bits per heavy atom. The molecule has 0 heterocycles. The van der Waals surface area contributed by atoms with Gasteiger partial charge in [-0.1, -0.05) is 229 Å². The lowest BCUT2D eigenvalue weighted by molar-refractivity contribution is -0.167. The van der Waals surface area contributed by atoms with Gasteiger partial charge in [-0.15, -0.1) is 0 Å². The number of unbranched alkanes of at least 4 members (excludes halogenated alkanes) is 28. The Labute approximate surface area is 396 Å². The lowest BCUT2D eigenvalue weighted by atomic mass is 10.0. The lowest BCUT2D eigenvalue weighted by Crippen LogP contribution is -2.30. The summed E-state index contributed by atoms with van der Waals surface area (Å²) in [5.74, 6) is -0.961. The van der Waals surface area contributed by atoms with Gasteiger partial charge < -0.3 is 14.2 Å². The molecule has 0 fully saturated rings. The second kappa shape index (κ2) is 52.7. The fourth-order valence-electron chi connectivity index (χ4n) is 7.61. The predicted octanol–water partition coefficient (Wildman–Crippen LogP) is 18.0. The molecule has 0 aliphatic carbocycles. The second-order valence-corrected chi connectivity index (χ2v) is 18.1. The van der Waals surface area contributed by atoms with Crippen LogP contribution in [0.3, 0.4) is 0 Å². The van der Waals surface area contributed by atoms with Crippen molar-refractivity contribution in [1.29, 1.82) is 0 Å². The number of allylic oxidation sites excluding steroid dienone is 10. The number of rotatable bonds is 49. The highest BCUT2D eigenvalue weighted by Crippen LogP contribution is 2.15. The molecule has 0 radical (unpaired) electrons. The smallest absolute Gasteiger partial charge is 0.306 e. The van der Waals surface area contributed by atoms with E-state index in [1.807, 2.05) is 0 Å². The summed E-state index contributed by atoms with van der Waals surface area (Å²) in [6.45, 7) is 6.56. The summed E-state index contributed by atoms with van der Waals surface area (Å²) in [6, 6.07) is 0. The first-order chi connectivity index (χ1) is 31.5. The van der Waals surface area contributed by atoms with Gasteiger partial charge in [-0.3, -0.25) is 14.4 Å². The van der Waals surface area contributed by atoms with Gasteiger partial charge in [0.1, 0.15) is 13.2 Å². The molecule has 0 rings (SSSR count). The summed E-state index contributed by atoms with van der Waals surface area (Å²) in [7, 11) is 0. The van der Waals surface area contributed by atoms with Gasteiger partial charge in [-0.05, 0) is 83.5 Å². The molecule has 0 aliphatic rings. The molecule has 0 aromatic heterocycles. The molecule has 0 saturated heterocycles. The maximum Gasteiger partial charge on any atom is 0.306 e. The van der Waals surface area contributed by atoms with E-state index in [4.69, 9.17) is 14.2 Å². The monoisotopic (exact) mass is 895 g/mol. The van der Waals surface area contributed by atoms with Crippen molar-refractivity contribution < 1.29 is 28.6 Å². The first kappa shape index (κ1) is 61.1. The third-order valence-electron chi connectivity index (χ3n) is 11.7. The molecule has 370 valence electrons. The molecule has 0 aromatic carbocycles. The van der Waals surface area contributed by atoms with Gasteiger partial charge in [0.25, 0.3) is 0 Å². The van der Waals surface area contributed by atoms with Crippen LogP contribution in [0, 0.1) is 0 Å². The van der Waals surface area contributed by atoms with Crippen molar-refractivity contribution in [3.63, 3.8) is 0 Å². The van der Waals surface area contributed by atoms with E-state index in [0.29, 0.717) is 19.3 Å². The lowest BCUT2D eigenvalue weighted by Gasteiger charge is -2.18. The van der Waals surface area contributed by atoms with Crippen LogP contribution in [-0.4, -0.2) is 37.2 Å². The maximum atomic E-state index is 12.8. The number of ether oxygens (including phenoxy) is 3. The quantitative estimate of drug-likeness (QED) is 0.0262. The van der Waals surface area contributed by atoms with Crippen LogP contribution in [0.1, 0.15) is 271 Å². The molecule has 0 spiro atoms. The van der Waals surface area contributed by atoms with Gasteiger partial charge in [0, 0.05) is 19.3 Å². The first-order valence-corrected chi connectivity index (χ1v) is 27.3. The molecule has 0 aliphatic heterocycles.